The van der Waals surface area contributed by atoms with Gasteiger partial charge in [0.1, 0.15) is 0 Å². The van der Waals surface area contributed by atoms with Gasteiger partial charge in [0.15, 0.2) is 10.9 Å². The molecule has 0 aliphatic rings. The number of nitro benzene ring substituents is 1. The molecule has 0 saturated heterocycles. The average molecular weight is 367 g/mol. The Labute approximate surface area is 155 Å². The van der Waals surface area contributed by atoms with Crippen LogP contribution in [0.1, 0.15) is 11.1 Å². The summed E-state index contributed by atoms with van der Waals surface area (Å²) in [6.07, 6.45) is 1.86. The molecule has 0 aliphatic heterocycles. The number of anilines is 2. The molecule has 26 heavy (non-hydrogen) atoms. The van der Waals surface area contributed by atoms with E-state index >= 15 is 0 Å². The number of thiocarbonyl (C=S) groups is 1. The molecule has 0 radical (unpaired) electrons. The van der Waals surface area contributed by atoms with Crippen LogP contribution in [0.2, 0.25) is 0 Å². The van der Waals surface area contributed by atoms with Crippen LogP contribution in [0.25, 0.3) is 0 Å². The zero-order valence-corrected chi connectivity index (χ0v) is 14.9. The summed E-state index contributed by atoms with van der Waals surface area (Å²) in [5.74, 6) is 0.597. The molecule has 8 heteroatoms. The summed E-state index contributed by atoms with van der Waals surface area (Å²) in [5, 5.41) is 21.4. The van der Waals surface area contributed by atoms with Gasteiger partial charge in [-0.1, -0.05) is 35.9 Å². The van der Waals surface area contributed by atoms with Gasteiger partial charge in [-0.15, -0.1) is 0 Å². The summed E-state index contributed by atoms with van der Waals surface area (Å²) < 4.78 is 1.81. The number of nitrogens with one attached hydrogen (secondary N) is 2. The molecule has 0 amide bonds. The van der Waals surface area contributed by atoms with Gasteiger partial charge in [0.25, 0.3) is 5.69 Å². The van der Waals surface area contributed by atoms with Crippen molar-refractivity contribution >= 4 is 34.5 Å². The van der Waals surface area contributed by atoms with Crippen molar-refractivity contribution in [3.63, 3.8) is 0 Å². The Hall–Kier alpha value is -3.26. The molecule has 3 aromatic rings. The van der Waals surface area contributed by atoms with E-state index in [9.17, 15) is 10.1 Å². The minimum atomic E-state index is -0.450. The van der Waals surface area contributed by atoms with E-state index in [0.29, 0.717) is 23.2 Å². The quantitative estimate of drug-likeness (QED) is 0.403. The molecule has 0 atom stereocenters. The minimum absolute atomic E-state index is 0.000163. The summed E-state index contributed by atoms with van der Waals surface area (Å²) in [6.45, 7) is 2.71. The van der Waals surface area contributed by atoms with Crippen molar-refractivity contribution in [2.24, 2.45) is 0 Å². The molecule has 3 rings (SSSR count). The fourth-order valence-corrected chi connectivity index (χ4v) is 2.60. The minimum Gasteiger partial charge on any atom is -0.332 e. The first kappa shape index (κ1) is 17.6. The molecule has 7 nitrogen and oxygen atoms in total. The molecular weight excluding hydrogens is 350 g/mol. The molecule has 0 spiro atoms. The lowest BCUT2D eigenvalue weighted by Crippen LogP contribution is -2.19. The molecule has 0 aliphatic carbocycles. The SMILES string of the molecule is Cc1ccc(Cn2ccc(NC(=S)Nc3cccc([N+](=O)[O-])c3)n2)cc1. The highest BCUT2D eigenvalue weighted by Gasteiger charge is 2.07. The van der Waals surface area contributed by atoms with Crippen LogP contribution in [0.5, 0.6) is 0 Å². The normalized spacial score (nSPS) is 10.3. The summed E-state index contributed by atoms with van der Waals surface area (Å²) in [4.78, 5) is 10.4. The fourth-order valence-electron chi connectivity index (χ4n) is 2.37. The van der Waals surface area contributed by atoms with Gasteiger partial charge >= 0.3 is 0 Å². The maximum atomic E-state index is 10.8. The van der Waals surface area contributed by atoms with Crippen LogP contribution in [0.3, 0.4) is 0 Å². The number of hydrogen-bond donors (Lipinski definition) is 2. The second-order valence-electron chi connectivity index (χ2n) is 5.77. The molecule has 0 bridgehead atoms. The van der Waals surface area contributed by atoms with E-state index in [1.807, 2.05) is 16.9 Å². The van der Waals surface area contributed by atoms with Crippen molar-refractivity contribution in [1.29, 1.82) is 0 Å². The third-order valence-corrected chi connectivity index (χ3v) is 3.87. The molecule has 2 N–H and O–H groups in total. The van der Waals surface area contributed by atoms with E-state index in [2.05, 4.69) is 46.9 Å². The van der Waals surface area contributed by atoms with Gasteiger partial charge in [-0.05, 0) is 30.8 Å². The number of rotatable bonds is 5. The Morgan fingerprint density at radius 1 is 1.19 bits per heavy atom. The second kappa shape index (κ2) is 7.75. The molecule has 1 aromatic heterocycles. The fraction of sp³-hybridized carbons (Fsp3) is 0.111. The lowest BCUT2D eigenvalue weighted by molar-refractivity contribution is -0.384. The van der Waals surface area contributed by atoms with Crippen LogP contribution in [-0.2, 0) is 6.54 Å². The van der Waals surface area contributed by atoms with Gasteiger partial charge in [0.2, 0.25) is 0 Å². The Morgan fingerprint density at radius 2 is 1.96 bits per heavy atom. The number of nitrogens with zero attached hydrogens (tertiary/aromatic N) is 3. The predicted octanol–water partition coefficient (Wildman–Crippen LogP) is 3.96. The van der Waals surface area contributed by atoms with Crippen LogP contribution in [0.15, 0.2) is 60.8 Å². The smallest absolute Gasteiger partial charge is 0.271 e. The van der Waals surface area contributed by atoms with Gasteiger partial charge in [0.05, 0.1) is 11.5 Å². The first-order chi connectivity index (χ1) is 12.5. The van der Waals surface area contributed by atoms with Gasteiger partial charge in [-0.2, -0.15) is 5.10 Å². The van der Waals surface area contributed by atoms with Crippen molar-refractivity contribution in [3.8, 4) is 0 Å². The van der Waals surface area contributed by atoms with Crippen LogP contribution >= 0.6 is 12.2 Å². The topological polar surface area (TPSA) is 85.0 Å². The third kappa shape index (κ3) is 4.64. The number of hydrogen-bond acceptors (Lipinski definition) is 4. The van der Waals surface area contributed by atoms with Gasteiger partial charge in [-0.3, -0.25) is 14.8 Å². The Balaban J connectivity index is 1.60. The van der Waals surface area contributed by atoms with E-state index in [1.54, 1.807) is 12.1 Å². The number of benzene rings is 2. The van der Waals surface area contributed by atoms with E-state index in [-0.39, 0.29) is 5.69 Å². The van der Waals surface area contributed by atoms with Gasteiger partial charge in [-0.25, -0.2) is 0 Å². The van der Waals surface area contributed by atoms with Crippen LogP contribution in [0.4, 0.5) is 17.2 Å². The third-order valence-electron chi connectivity index (χ3n) is 3.66. The van der Waals surface area contributed by atoms with Crippen molar-refractivity contribution in [2.45, 2.75) is 13.5 Å². The van der Waals surface area contributed by atoms with E-state index in [4.69, 9.17) is 12.2 Å². The molecule has 0 fully saturated rings. The highest BCUT2D eigenvalue weighted by atomic mass is 32.1. The average Bonchev–Trinajstić information content (AvgIpc) is 3.04. The number of nitro groups is 1. The van der Waals surface area contributed by atoms with Crippen molar-refractivity contribution in [3.05, 3.63) is 82.0 Å². The van der Waals surface area contributed by atoms with Crippen LogP contribution < -0.4 is 10.6 Å². The zero-order valence-electron chi connectivity index (χ0n) is 14.0. The van der Waals surface area contributed by atoms with Crippen LogP contribution in [-0.4, -0.2) is 19.8 Å². The summed E-state index contributed by atoms with van der Waals surface area (Å²) in [7, 11) is 0. The largest absolute Gasteiger partial charge is 0.332 e. The second-order valence-corrected chi connectivity index (χ2v) is 6.18. The van der Waals surface area contributed by atoms with E-state index < -0.39 is 4.92 Å². The summed E-state index contributed by atoms with van der Waals surface area (Å²) >= 11 is 5.24. The van der Waals surface area contributed by atoms with E-state index in [0.717, 1.165) is 5.56 Å². The molecule has 132 valence electrons. The molecule has 0 saturated carbocycles. The zero-order chi connectivity index (χ0) is 18.5. The lowest BCUT2D eigenvalue weighted by Gasteiger charge is -2.08. The first-order valence-corrected chi connectivity index (χ1v) is 8.32. The summed E-state index contributed by atoms with van der Waals surface area (Å²) in [6, 6.07) is 16.2. The summed E-state index contributed by atoms with van der Waals surface area (Å²) in [5.41, 5.74) is 2.91. The van der Waals surface area contributed by atoms with Crippen molar-refractivity contribution in [2.75, 3.05) is 10.6 Å². The van der Waals surface area contributed by atoms with Gasteiger partial charge in [0, 0.05) is 30.1 Å². The number of non-ortho nitro benzene ring substituents is 1. The first-order valence-electron chi connectivity index (χ1n) is 7.91. The maximum absolute atomic E-state index is 10.8. The van der Waals surface area contributed by atoms with Crippen molar-refractivity contribution in [1.82, 2.24) is 9.78 Å². The highest BCUT2D eigenvalue weighted by Crippen LogP contribution is 2.17. The highest BCUT2D eigenvalue weighted by molar-refractivity contribution is 7.80. The van der Waals surface area contributed by atoms with E-state index in [1.165, 1.54) is 17.7 Å². The molecule has 0 unspecified atom stereocenters. The van der Waals surface area contributed by atoms with Gasteiger partial charge < -0.3 is 10.6 Å². The Bertz CT molecular complexity index is 937. The molecular formula is C18H17N5O2S. The maximum Gasteiger partial charge on any atom is 0.271 e. The number of aryl methyl sites for hydroxylation is 1. The monoisotopic (exact) mass is 367 g/mol. The standard InChI is InChI=1S/C18H17N5O2S/c1-13-5-7-14(8-6-13)12-22-10-9-17(21-22)20-18(26)19-15-3-2-4-16(11-15)23(24)25/h2-11H,12H2,1H3,(H2,19,20,21,26). The molecule has 1 heterocycles. The van der Waals surface area contributed by atoms with Crippen LogP contribution in [0, 0.1) is 17.0 Å². The Morgan fingerprint density at radius 3 is 2.69 bits per heavy atom. The number of aromatic nitrogens is 2. The van der Waals surface area contributed by atoms with Crippen molar-refractivity contribution < 1.29 is 4.92 Å². The lowest BCUT2D eigenvalue weighted by atomic mass is 10.1. The Kier molecular flexibility index (Phi) is 5.23. The molecule has 2 aromatic carbocycles. The predicted molar refractivity (Wildman–Crippen MR) is 105 cm³/mol.